The Balaban J connectivity index is 1.48. The van der Waals surface area contributed by atoms with Gasteiger partial charge in [-0.15, -0.1) is 5.10 Å². The number of nitrogens with zero attached hydrogens (tertiary/aromatic N) is 4. The highest BCUT2D eigenvalue weighted by molar-refractivity contribution is 6.21. The molecule has 1 aromatic heterocycles. The molecule has 1 aliphatic rings. The van der Waals surface area contributed by atoms with Gasteiger partial charge in [0.1, 0.15) is 5.52 Å². The number of aromatic nitrogens is 3. The SMILES string of the molecule is Cc1cc2nnn(CCCN3C(=O)c4ccccc4C3=O)c2cc1C. The molecule has 0 atom stereocenters. The Kier molecular flexibility index (Phi) is 3.60. The molecule has 0 radical (unpaired) electrons. The van der Waals surface area contributed by atoms with Gasteiger partial charge in [-0.3, -0.25) is 14.5 Å². The lowest BCUT2D eigenvalue weighted by Gasteiger charge is -2.13. The Morgan fingerprint density at radius 3 is 2.24 bits per heavy atom. The highest BCUT2D eigenvalue weighted by Gasteiger charge is 2.34. The van der Waals surface area contributed by atoms with Crippen molar-refractivity contribution in [2.75, 3.05) is 6.54 Å². The first-order valence-corrected chi connectivity index (χ1v) is 8.32. The molecule has 0 spiro atoms. The summed E-state index contributed by atoms with van der Waals surface area (Å²) >= 11 is 0. The van der Waals surface area contributed by atoms with Crippen molar-refractivity contribution >= 4 is 22.8 Å². The molecule has 0 aliphatic carbocycles. The molecule has 6 heteroatoms. The van der Waals surface area contributed by atoms with Crippen LogP contribution in [0.25, 0.3) is 11.0 Å². The number of hydrogen-bond acceptors (Lipinski definition) is 4. The predicted octanol–water partition coefficient (Wildman–Crippen LogP) is 2.73. The molecule has 0 bridgehead atoms. The van der Waals surface area contributed by atoms with Crippen molar-refractivity contribution in [2.24, 2.45) is 0 Å². The van der Waals surface area contributed by atoms with Gasteiger partial charge in [0.05, 0.1) is 16.6 Å². The van der Waals surface area contributed by atoms with Crippen LogP contribution >= 0.6 is 0 Å². The van der Waals surface area contributed by atoms with Crippen LogP contribution in [-0.4, -0.2) is 38.3 Å². The number of fused-ring (bicyclic) bond motifs is 2. The average Bonchev–Trinajstić information content (AvgIpc) is 3.10. The van der Waals surface area contributed by atoms with E-state index in [1.165, 1.54) is 16.0 Å². The van der Waals surface area contributed by atoms with Gasteiger partial charge in [-0.2, -0.15) is 0 Å². The monoisotopic (exact) mass is 334 g/mol. The Bertz CT molecular complexity index is 971. The molecule has 1 aliphatic heterocycles. The summed E-state index contributed by atoms with van der Waals surface area (Å²) < 4.78 is 1.83. The fraction of sp³-hybridized carbons (Fsp3) is 0.263. The maximum atomic E-state index is 12.4. The van der Waals surface area contributed by atoms with Gasteiger partial charge in [-0.25, -0.2) is 4.68 Å². The molecule has 25 heavy (non-hydrogen) atoms. The normalized spacial score (nSPS) is 13.8. The molecule has 0 saturated carbocycles. The molecule has 6 nitrogen and oxygen atoms in total. The van der Waals surface area contributed by atoms with Crippen LogP contribution in [0.15, 0.2) is 36.4 Å². The average molecular weight is 334 g/mol. The number of benzene rings is 2. The second-order valence-electron chi connectivity index (χ2n) is 6.40. The van der Waals surface area contributed by atoms with Crippen LogP contribution in [0, 0.1) is 13.8 Å². The van der Waals surface area contributed by atoms with E-state index in [4.69, 9.17) is 0 Å². The second kappa shape index (κ2) is 5.81. The third kappa shape index (κ3) is 2.50. The number of imide groups is 1. The largest absolute Gasteiger partial charge is 0.274 e. The summed E-state index contributed by atoms with van der Waals surface area (Å²) in [6.45, 7) is 5.09. The number of rotatable bonds is 4. The summed E-state index contributed by atoms with van der Waals surface area (Å²) in [4.78, 5) is 26.0. The molecule has 0 unspecified atom stereocenters. The van der Waals surface area contributed by atoms with Crippen molar-refractivity contribution in [2.45, 2.75) is 26.8 Å². The van der Waals surface area contributed by atoms with Gasteiger partial charge in [0, 0.05) is 13.1 Å². The van der Waals surface area contributed by atoms with Gasteiger partial charge >= 0.3 is 0 Å². The van der Waals surface area contributed by atoms with E-state index in [-0.39, 0.29) is 11.8 Å². The summed E-state index contributed by atoms with van der Waals surface area (Å²) in [6, 6.07) is 11.1. The van der Waals surface area contributed by atoms with Crippen molar-refractivity contribution in [3.8, 4) is 0 Å². The first-order chi connectivity index (χ1) is 12.1. The summed E-state index contributed by atoms with van der Waals surface area (Å²) in [5.41, 5.74) is 5.20. The summed E-state index contributed by atoms with van der Waals surface area (Å²) in [7, 11) is 0. The standard InChI is InChI=1S/C19H18N4O2/c1-12-10-16-17(11-13(12)2)23(21-20-16)9-5-8-22-18(24)14-6-3-4-7-15(14)19(22)25/h3-4,6-7,10-11H,5,8-9H2,1-2H3. The first kappa shape index (κ1) is 15.5. The molecule has 126 valence electrons. The van der Waals surface area contributed by atoms with Gasteiger partial charge in [0.25, 0.3) is 11.8 Å². The van der Waals surface area contributed by atoms with Crippen LogP contribution in [0.2, 0.25) is 0 Å². The lowest BCUT2D eigenvalue weighted by Crippen LogP contribution is -2.31. The van der Waals surface area contributed by atoms with E-state index >= 15 is 0 Å². The molecular weight excluding hydrogens is 316 g/mol. The molecular formula is C19H18N4O2. The molecule has 0 N–H and O–H groups in total. The Labute approximate surface area is 145 Å². The van der Waals surface area contributed by atoms with E-state index in [9.17, 15) is 9.59 Å². The summed E-state index contributed by atoms with van der Waals surface area (Å²) in [6.07, 6.45) is 0.636. The van der Waals surface area contributed by atoms with Crippen molar-refractivity contribution < 1.29 is 9.59 Å². The van der Waals surface area contributed by atoms with Crippen LogP contribution in [0.4, 0.5) is 0 Å². The summed E-state index contributed by atoms with van der Waals surface area (Å²) in [5, 5.41) is 8.40. The van der Waals surface area contributed by atoms with E-state index in [2.05, 4.69) is 30.2 Å². The second-order valence-corrected chi connectivity index (χ2v) is 6.40. The van der Waals surface area contributed by atoms with Gasteiger partial charge < -0.3 is 0 Å². The van der Waals surface area contributed by atoms with Crippen molar-refractivity contribution in [1.82, 2.24) is 19.9 Å². The van der Waals surface area contributed by atoms with Crippen LogP contribution in [0.3, 0.4) is 0 Å². The molecule has 4 rings (SSSR count). The Morgan fingerprint density at radius 2 is 1.56 bits per heavy atom. The number of carbonyl (C=O) groups excluding carboxylic acids is 2. The van der Waals surface area contributed by atoms with Crippen LogP contribution in [-0.2, 0) is 6.54 Å². The minimum Gasteiger partial charge on any atom is -0.274 e. The lowest BCUT2D eigenvalue weighted by molar-refractivity contribution is 0.0650. The van der Waals surface area contributed by atoms with Crippen molar-refractivity contribution in [3.63, 3.8) is 0 Å². The fourth-order valence-electron chi connectivity index (χ4n) is 3.21. The fourth-order valence-corrected chi connectivity index (χ4v) is 3.21. The van der Waals surface area contributed by atoms with Crippen molar-refractivity contribution in [3.05, 3.63) is 58.7 Å². The van der Waals surface area contributed by atoms with E-state index < -0.39 is 0 Å². The number of carbonyl (C=O) groups is 2. The number of aryl methyl sites for hydroxylation is 3. The number of amides is 2. The molecule has 3 aromatic rings. The quantitative estimate of drug-likeness (QED) is 0.688. The molecule has 0 fully saturated rings. The topological polar surface area (TPSA) is 68.1 Å². The Morgan fingerprint density at radius 1 is 0.920 bits per heavy atom. The summed E-state index contributed by atoms with van der Waals surface area (Å²) in [5.74, 6) is -0.425. The zero-order valence-corrected chi connectivity index (χ0v) is 14.2. The smallest absolute Gasteiger partial charge is 0.261 e. The Hall–Kier alpha value is -3.02. The van der Waals surface area contributed by atoms with Crippen LogP contribution in [0.1, 0.15) is 38.3 Å². The van der Waals surface area contributed by atoms with E-state index in [1.54, 1.807) is 24.3 Å². The van der Waals surface area contributed by atoms with Crippen molar-refractivity contribution in [1.29, 1.82) is 0 Å². The third-order valence-corrected chi connectivity index (χ3v) is 4.76. The van der Waals surface area contributed by atoms with E-state index in [0.29, 0.717) is 30.6 Å². The zero-order valence-electron chi connectivity index (χ0n) is 14.2. The van der Waals surface area contributed by atoms with Crippen LogP contribution < -0.4 is 0 Å². The molecule has 2 aromatic carbocycles. The minimum absolute atomic E-state index is 0.212. The van der Waals surface area contributed by atoms with Crippen LogP contribution in [0.5, 0.6) is 0 Å². The maximum Gasteiger partial charge on any atom is 0.261 e. The maximum absolute atomic E-state index is 12.4. The number of hydrogen-bond donors (Lipinski definition) is 0. The highest BCUT2D eigenvalue weighted by atomic mass is 16.2. The molecule has 0 saturated heterocycles. The van der Waals surface area contributed by atoms with Gasteiger partial charge in [-0.1, -0.05) is 17.3 Å². The molecule has 2 amide bonds. The van der Waals surface area contributed by atoms with E-state index in [1.807, 2.05) is 10.7 Å². The highest BCUT2D eigenvalue weighted by Crippen LogP contribution is 2.23. The van der Waals surface area contributed by atoms with Gasteiger partial charge in [0.2, 0.25) is 0 Å². The van der Waals surface area contributed by atoms with E-state index in [0.717, 1.165) is 11.0 Å². The lowest BCUT2D eigenvalue weighted by atomic mass is 10.1. The zero-order chi connectivity index (χ0) is 17.6. The van der Waals surface area contributed by atoms with Gasteiger partial charge in [-0.05, 0) is 55.7 Å². The third-order valence-electron chi connectivity index (χ3n) is 4.76. The minimum atomic E-state index is -0.212. The predicted molar refractivity (Wildman–Crippen MR) is 93.4 cm³/mol. The molecule has 2 heterocycles. The first-order valence-electron chi connectivity index (χ1n) is 8.32. The van der Waals surface area contributed by atoms with Gasteiger partial charge in [0.15, 0.2) is 0 Å².